The number of amides is 1. The van der Waals surface area contributed by atoms with Gasteiger partial charge in [0.25, 0.3) is 0 Å². The zero-order chi connectivity index (χ0) is 13.8. The number of nitrogens with zero attached hydrogens (tertiary/aromatic N) is 1. The average molecular weight is 277 g/mol. The summed E-state index contributed by atoms with van der Waals surface area (Å²) in [5.74, 6) is -0.152. The van der Waals surface area contributed by atoms with E-state index in [1.807, 2.05) is 6.07 Å². The molecule has 5 heteroatoms. The fraction of sp³-hybridized carbons (Fsp3) is 0.143. The van der Waals surface area contributed by atoms with Crippen molar-refractivity contribution in [2.75, 3.05) is 5.32 Å². The van der Waals surface area contributed by atoms with E-state index in [0.29, 0.717) is 10.7 Å². The summed E-state index contributed by atoms with van der Waals surface area (Å²) >= 11 is 5.86. The second-order valence-electron chi connectivity index (χ2n) is 4.22. The maximum Gasteiger partial charge on any atom is 0.250 e. The molecule has 98 valence electrons. The van der Waals surface area contributed by atoms with Crippen LogP contribution in [-0.4, -0.2) is 10.5 Å². The van der Waals surface area contributed by atoms with E-state index < -0.39 is 0 Å². The van der Waals surface area contributed by atoms with Crippen LogP contribution in [0.3, 0.4) is 0 Å². The number of carbonyl (C=O) groups excluding carboxylic acids is 1. The molecule has 0 bridgehead atoms. The predicted octanol–water partition coefficient (Wildman–Crippen LogP) is 2.22. The number of aryl methyl sites for hydroxylation is 1. The molecule has 1 aromatic carbocycles. The van der Waals surface area contributed by atoms with Crippen LogP contribution in [0.15, 0.2) is 47.4 Å². The lowest BCUT2D eigenvalue weighted by atomic mass is 10.1. The number of carbonyl (C=O) groups is 1. The van der Waals surface area contributed by atoms with Crippen LogP contribution in [0.1, 0.15) is 5.56 Å². The van der Waals surface area contributed by atoms with Gasteiger partial charge in [-0.25, -0.2) is 0 Å². The number of halogens is 1. The van der Waals surface area contributed by atoms with Crippen molar-refractivity contribution in [1.29, 1.82) is 0 Å². The number of nitrogens with one attached hydrogen (secondary N) is 1. The number of pyridine rings is 1. The fourth-order valence-electron chi connectivity index (χ4n) is 1.71. The highest BCUT2D eigenvalue weighted by atomic mass is 35.5. The summed E-state index contributed by atoms with van der Waals surface area (Å²) < 4.78 is 1.41. The van der Waals surface area contributed by atoms with Gasteiger partial charge >= 0.3 is 0 Å². The van der Waals surface area contributed by atoms with Gasteiger partial charge < -0.3 is 9.88 Å². The minimum atomic E-state index is -0.152. The normalized spacial score (nSPS) is 10.2. The molecule has 1 aromatic heterocycles. The largest absolute Gasteiger partial charge is 0.324 e. The number of aromatic nitrogens is 1. The van der Waals surface area contributed by atoms with Gasteiger partial charge in [0.2, 0.25) is 11.5 Å². The molecule has 0 saturated carbocycles. The zero-order valence-electron chi connectivity index (χ0n) is 10.4. The van der Waals surface area contributed by atoms with Gasteiger partial charge in [0.15, 0.2) is 0 Å². The Bertz CT molecular complexity index is 664. The molecule has 0 aliphatic carbocycles. The van der Waals surface area contributed by atoms with Gasteiger partial charge in [0.05, 0.1) is 12.1 Å². The van der Waals surface area contributed by atoms with Gasteiger partial charge in [-0.05, 0) is 23.8 Å². The van der Waals surface area contributed by atoms with E-state index in [1.54, 1.807) is 37.5 Å². The van der Waals surface area contributed by atoms with E-state index in [2.05, 4.69) is 5.32 Å². The summed E-state index contributed by atoms with van der Waals surface area (Å²) in [5.41, 5.74) is 1.32. The van der Waals surface area contributed by atoms with Gasteiger partial charge in [-0.1, -0.05) is 23.7 Å². The van der Waals surface area contributed by atoms with Gasteiger partial charge in [0, 0.05) is 24.3 Å². The molecule has 0 aliphatic rings. The lowest BCUT2D eigenvalue weighted by Gasteiger charge is -2.06. The second-order valence-corrected chi connectivity index (χ2v) is 4.66. The van der Waals surface area contributed by atoms with E-state index in [0.717, 1.165) is 5.56 Å². The molecule has 0 saturated heterocycles. The van der Waals surface area contributed by atoms with Gasteiger partial charge in [0.1, 0.15) is 0 Å². The molecule has 0 atom stereocenters. The van der Waals surface area contributed by atoms with Crippen LogP contribution in [0.25, 0.3) is 0 Å². The molecule has 19 heavy (non-hydrogen) atoms. The molecule has 0 spiro atoms. The highest BCUT2D eigenvalue weighted by Gasteiger charge is 2.05. The molecule has 0 aliphatic heterocycles. The molecular weight excluding hydrogens is 264 g/mol. The Labute approximate surface area is 115 Å². The van der Waals surface area contributed by atoms with Crippen LogP contribution in [0.5, 0.6) is 0 Å². The van der Waals surface area contributed by atoms with Crippen LogP contribution in [0, 0.1) is 0 Å². The molecule has 1 N–H and O–H groups in total. The van der Waals surface area contributed by atoms with Crippen molar-refractivity contribution in [3.63, 3.8) is 0 Å². The summed E-state index contributed by atoms with van der Waals surface area (Å²) in [5, 5.41) is 3.34. The quantitative estimate of drug-likeness (QED) is 0.934. The third-order valence-corrected chi connectivity index (χ3v) is 2.86. The van der Waals surface area contributed by atoms with Crippen molar-refractivity contribution in [3.05, 3.63) is 63.5 Å². The predicted molar refractivity (Wildman–Crippen MR) is 75.5 cm³/mol. The Balaban J connectivity index is 2.05. The topological polar surface area (TPSA) is 51.1 Å². The maximum absolute atomic E-state index is 11.8. The van der Waals surface area contributed by atoms with E-state index in [4.69, 9.17) is 11.6 Å². The molecule has 1 heterocycles. The number of rotatable bonds is 3. The molecule has 2 aromatic rings. The fourth-order valence-corrected chi connectivity index (χ4v) is 1.92. The molecular formula is C14H13ClN2O2. The Hall–Kier alpha value is -2.07. The van der Waals surface area contributed by atoms with E-state index in [1.165, 1.54) is 10.6 Å². The maximum atomic E-state index is 11.8. The van der Waals surface area contributed by atoms with E-state index in [9.17, 15) is 9.59 Å². The summed E-state index contributed by atoms with van der Waals surface area (Å²) in [6, 6.07) is 10.1. The minimum absolute atomic E-state index is 0.118. The number of hydrogen-bond acceptors (Lipinski definition) is 2. The monoisotopic (exact) mass is 276 g/mol. The standard InChI is InChI=1S/C14H13ClN2O2/c1-17-9-12(5-6-14(17)19)16-13(18)8-10-3-2-4-11(15)7-10/h2-7,9H,8H2,1H3,(H,16,18). The Morgan fingerprint density at radius 2 is 2.11 bits per heavy atom. The van der Waals surface area contributed by atoms with Crippen LogP contribution in [0.4, 0.5) is 5.69 Å². The number of benzene rings is 1. The third-order valence-electron chi connectivity index (χ3n) is 2.62. The summed E-state index contributed by atoms with van der Waals surface area (Å²) in [6.45, 7) is 0. The zero-order valence-corrected chi connectivity index (χ0v) is 11.1. The van der Waals surface area contributed by atoms with E-state index >= 15 is 0 Å². The van der Waals surface area contributed by atoms with Crippen molar-refractivity contribution in [2.24, 2.45) is 7.05 Å². The first-order valence-electron chi connectivity index (χ1n) is 5.75. The molecule has 1 amide bonds. The molecule has 4 nitrogen and oxygen atoms in total. The smallest absolute Gasteiger partial charge is 0.250 e. The Morgan fingerprint density at radius 1 is 1.32 bits per heavy atom. The van der Waals surface area contributed by atoms with Gasteiger partial charge in [-0.3, -0.25) is 9.59 Å². The number of anilines is 1. The first-order chi connectivity index (χ1) is 9.04. The molecule has 0 fully saturated rings. The highest BCUT2D eigenvalue weighted by molar-refractivity contribution is 6.30. The van der Waals surface area contributed by atoms with Crippen molar-refractivity contribution in [1.82, 2.24) is 4.57 Å². The van der Waals surface area contributed by atoms with Crippen LogP contribution < -0.4 is 10.9 Å². The van der Waals surface area contributed by atoms with Crippen molar-refractivity contribution in [2.45, 2.75) is 6.42 Å². The van der Waals surface area contributed by atoms with Crippen molar-refractivity contribution >= 4 is 23.2 Å². The second kappa shape index (κ2) is 5.71. The number of hydrogen-bond donors (Lipinski definition) is 1. The van der Waals surface area contributed by atoms with Crippen LogP contribution in [0.2, 0.25) is 5.02 Å². The van der Waals surface area contributed by atoms with Crippen molar-refractivity contribution in [3.8, 4) is 0 Å². The molecule has 0 radical (unpaired) electrons. The lowest BCUT2D eigenvalue weighted by Crippen LogP contribution is -2.19. The summed E-state index contributed by atoms with van der Waals surface area (Å²) in [4.78, 5) is 23.1. The highest BCUT2D eigenvalue weighted by Crippen LogP contribution is 2.12. The Morgan fingerprint density at radius 3 is 2.79 bits per heavy atom. The third kappa shape index (κ3) is 3.69. The van der Waals surface area contributed by atoms with Crippen LogP contribution in [-0.2, 0) is 18.3 Å². The lowest BCUT2D eigenvalue weighted by molar-refractivity contribution is -0.115. The first kappa shape index (κ1) is 13.4. The summed E-state index contributed by atoms with van der Waals surface area (Å²) in [7, 11) is 1.63. The SMILES string of the molecule is Cn1cc(NC(=O)Cc2cccc(Cl)c2)ccc1=O. The molecule has 0 unspecified atom stereocenters. The van der Waals surface area contributed by atoms with Gasteiger partial charge in [-0.2, -0.15) is 0 Å². The summed E-state index contributed by atoms with van der Waals surface area (Å²) in [6.07, 6.45) is 1.82. The first-order valence-corrected chi connectivity index (χ1v) is 6.13. The minimum Gasteiger partial charge on any atom is -0.324 e. The average Bonchev–Trinajstić information content (AvgIpc) is 2.34. The van der Waals surface area contributed by atoms with Crippen molar-refractivity contribution < 1.29 is 4.79 Å². The van der Waals surface area contributed by atoms with Crippen LogP contribution >= 0.6 is 11.6 Å². The molecule has 2 rings (SSSR count). The Kier molecular flexibility index (Phi) is 4.02. The van der Waals surface area contributed by atoms with Gasteiger partial charge in [-0.15, -0.1) is 0 Å². The van der Waals surface area contributed by atoms with E-state index in [-0.39, 0.29) is 17.9 Å².